The molecule has 1 aromatic carbocycles. The largest absolute Gasteiger partial charge is 0.497 e. The standard InChI is InChI=1S/C12H16BrNO3S/c1-17-12-6-9(13)5-11(7-12)14-10-3-2-4-18(15,16)8-10/h5-7,10,14H,2-4,8H2,1H3. The molecule has 0 amide bonds. The van der Waals surface area contributed by atoms with Crippen molar-refractivity contribution in [3.05, 3.63) is 22.7 Å². The minimum absolute atomic E-state index is 0.0113. The van der Waals surface area contributed by atoms with Crippen LogP contribution in [0.3, 0.4) is 0 Å². The van der Waals surface area contributed by atoms with Gasteiger partial charge in [0.15, 0.2) is 9.84 Å². The van der Waals surface area contributed by atoms with E-state index in [1.165, 1.54) is 0 Å². The van der Waals surface area contributed by atoms with Crippen LogP contribution in [0.1, 0.15) is 12.8 Å². The zero-order valence-corrected chi connectivity index (χ0v) is 12.6. The number of methoxy groups -OCH3 is 1. The number of hydrogen-bond donors (Lipinski definition) is 1. The van der Waals surface area contributed by atoms with E-state index >= 15 is 0 Å². The molecule has 4 nitrogen and oxygen atoms in total. The number of halogens is 1. The highest BCUT2D eigenvalue weighted by Gasteiger charge is 2.24. The maximum atomic E-state index is 11.6. The van der Waals surface area contributed by atoms with Crippen LogP contribution in [0.25, 0.3) is 0 Å². The van der Waals surface area contributed by atoms with E-state index in [2.05, 4.69) is 21.2 Å². The average molecular weight is 334 g/mol. The predicted octanol–water partition coefficient (Wildman–Crippen LogP) is 2.45. The molecule has 1 saturated heterocycles. The van der Waals surface area contributed by atoms with Crippen molar-refractivity contribution < 1.29 is 13.2 Å². The molecular formula is C12H16BrNO3S. The summed E-state index contributed by atoms with van der Waals surface area (Å²) < 4.78 is 29.2. The molecule has 1 aliphatic rings. The molecule has 1 N–H and O–H groups in total. The van der Waals surface area contributed by atoms with Crippen molar-refractivity contribution >= 4 is 31.5 Å². The van der Waals surface area contributed by atoms with Crippen LogP contribution in [0.15, 0.2) is 22.7 Å². The molecule has 1 aromatic rings. The minimum Gasteiger partial charge on any atom is -0.497 e. The Morgan fingerprint density at radius 3 is 2.83 bits per heavy atom. The van der Waals surface area contributed by atoms with Crippen LogP contribution in [0.4, 0.5) is 5.69 Å². The maximum absolute atomic E-state index is 11.6. The van der Waals surface area contributed by atoms with Crippen molar-refractivity contribution in [3.8, 4) is 5.75 Å². The van der Waals surface area contributed by atoms with Crippen LogP contribution < -0.4 is 10.1 Å². The molecular weight excluding hydrogens is 318 g/mol. The molecule has 0 saturated carbocycles. The molecule has 1 atom stereocenters. The summed E-state index contributed by atoms with van der Waals surface area (Å²) in [5, 5.41) is 3.26. The Bertz CT molecular complexity index is 530. The van der Waals surface area contributed by atoms with E-state index in [0.717, 1.165) is 28.8 Å². The number of benzene rings is 1. The lowest BCUT2D eigenvalue weighted by molar-refractivity contribution is 0.414. The molecule has 100 valence electrons. The van der Waals surface area contributed by atoms with E-state index in [1.807, 2.05) is 18.2 Å². The molecule has 1 unspecified atom stereocenters. The van der Waals surface area contributed by atoms with E-state index in [-0.39, 0.29) is 11.8 Å². The maximum Gasteiger partial charge on any atom is 0.152 e. The van der Waals surface area contributed by atoms with Crippen molar-refractivity contribution in [1.82, 2.24) is 0 Å². The molecule has 18 heavy (non-hydrogen) atoms. The van der Waals surface area contributed by atoms with Gasteiger partial charge in [-0.05, 0) is 25.0 Å². The average Bonchev–Trinajstić information content (AvgIpc) is 2.26. The second kappa shape index (κ2) is 5.48. The third-order valence-corrected chi connectivity index (χ3v) is 5.22. The summed E-state index contributed by atoms with van der Waals surface area (Å²) in [5.41, 5.74) is 0.878. The smallest absolute Gasteiger partial charge is 0.152 e. The van der Waals surface area contributed by atoms with Gasteiger partial charge in [-0.1, -0.05) is 15.9 Å². The minimum atomic E-state index is -2.88. The lowest BCUT2D eigenvalue weighted by Gasteiger charge is -2.24. The van der Waals surface area contributed by atoms with Crippen LogP contribution in [0.2, 0.25) is 0 Å². The first-order chi connectivity index (χ1) is 8.48. The monoisotopic (exact) mass is 333 g/mol. The molecule has 0 radical (unpaired) electrons. The Labute approximate surface area is 116 Å². The summed E-state index contributed by atoms with van der Waals surface area (Å²) in [6.45, 7) is 0. The molecule has 0 aliphatic carbocycles. The molecule has 1 aliphatic heterocycles. The Morgan fingerprint density at radius 2 is 2.17 bits per heavy atom. The molecule has 1 heterocycles. The Morgan fingerprint density at radius 1 is 1.39 bits per heavy atom. The summed E-state index contributed by atoms with van der Waals surface area (Å²) in [7, 11) is -1.28. The Hall–Kier alpha value is -0.750. The highest BCUT2D eigenvalue weighted by atomic mass is 79.9. The molecule has 0 spiro atoms. The second-order valence-corrected chi connectivity index (χ2v) is 7.62. The lowest BCUT2D eigenvalue weighted by atomic mass is 10.1. The zero-order chi connectivity index (χ0) is 13.2. The lowest BCUT2D eigenvalue weighted by Crippen LogP contribution is -2.34. The van der Waals surface area contributed by atoms with Crippen molar-refractivity contribution in [3.63, 3.8) is 0 Å². The third-order valence-electron chi connectivity index (χ3n) is 2.94. The van der Waals surface area contributed by atoms with Crippen molar-refractivity contribution in [1.29, 1.82) is 0 Å². The zero-order valence-electron chi connectivity index (χ0n) is 10.1. The number of anilines is 1. The van der Waals surface area contributed by atoms with E-state index in [9.17, 15) is 8.42 Å². The number of rotatable bonds is 3. The van der Waals surface area contributed by atoms with Crippen LogP contribution in [-0.2, 0) is 9.84 Å². The van der Waals surface area contributed by atoms with Crippen molar-refractivity contribution in [2.45, 2.75) is 18.9 Å². The van der Waals surface area contributed by atoms with Gasteiger partial charge in [0.2, 0.25) is 0 Å². The molecule has 6 heteroatoms. The van der Waals surface area contributed by atoms with Gasteiger partial charge in [-0.3, -0.25) is 0 Å². The summed E-state index contributed by atoms with van der Waals surface area (Å²) in [6, 6.07) is 5.64. The van der Waals surface area contributed by atoms with Gasteiger partial charge in [0.05, 0.1) is 18.6 Å². The van der Waals surface area contributed by atoms with Gasteiger partial charge in [-0.25, -0.2) is 8.42 Å². The van der Waals surface area contributed by atoms with Crippen LogP contribution in [-0.4, -0.2) is 33.1 Å². The van der Waals surface area contributed by atoms with E-state index in [1.54, 1.807) is 7.11 Å². The van der Waals surface area contributed by atoms with Crippen LogP contribution in [0.5, 0.6) is 5.75 Å². The number of hydrogen-bond acceptors (Lipinski definition) is 4. The number of ether oxygens (including phenoxy) is 1. The summed E-state index contributed by atoms with van der Waals surface area (Å²) in [4.78, 5) is 0. The topological polar surface area (TPSA) is 55.4 Å². The van der Waals surface area contributed by atoms with Crippen LogP contribution in [0, 0.1) is 0 Å². The van der Waals surface area contributed by atoms with E-state index in [0.29, 0.717) is 5.75 Å². The summed E-state index contributed by atoms with van der Waals surface area (Å²) in [5.74, 6) is 1.26. The van der Waals surface area contributed by atoms with Gasteiger partial charge in [0.1, 0.15) is 5.75 Å². The first kappa shape index (κ1) is 13.7. The quantitative estimate of drug-likeness (QED) is 0.923. The highest BCUT2D eigenvalue weighted by molar-refractivity contribution is 9.10. The second-order valence-electron chi connectivity index (χ2n) is 4.48. The predicted molar refractivity (Wildman–Crippen MR) is 76.0 cm³/mol. The van der Waals surface area contributed by atoms with Gasteiger partial charge in [0.25, 0.3) is 0 Å². The van der Waals surface area contributed by atoms with Gasteiger partial charge >= 0.3 is 0 Å². The normalized spacial score (nSPS) is 22.4. The van der Waals surface area contributed by atoms with Crippen LogP contribution >= 0.6 is 15.9 Å². The summed E-state index contributed by atoms with van der Waals surface area (Å²) >= 11 is 3.40. The third kappa shape index (κ3) is 3.62. The van der Waals surface area contributed by atoms with Crippen molar-refractivity contribution in [2.24, 2.45) is 0 Å². The molecule has 0 aromatic heterocycles. The Kier molecular flexibility index (Phi) is 4.17. The molecule has 2 rings (SSSR count). The fourth-order valence-electron chi connectivity index (χ4n) is 2.14. The number of nitrogens with one attached hydrogen (secondary N) is 1. The molecule has 0 bridgehead atoms. The fraction of sp³-hybridized carbons (Fsp3) is 0.500. The van der Waals surface area contributed by atoms with Crippen molar-refractivity contribution in [2.75, 3.05) is 23.9 Å². The Balaban J connectivity index is 2.11. The van der Waals surface area contributed by atoms with Gasteiger partial charge in [-0.15, -0.1) is 0 Å². The molecule has 1 fully saturated rings. The van der Waals surface area contributed by atoms with Gasteiger partial charge < -0.3 is 10.1 Å². The van der Waals surface area contributed by atoms with Gasteiger partial charge in [-0.2, -0.15) is 0 Å². The highest BCUT2D eigenvalue weighted by Crippen LogP contribution is 2.26. The first-order valence-electron chi connectivity index (χ1n) is 5.80. The van der Waals surface area contributed by atoms with E-state index in [4.69, 9.17) is 4.74 Å². The fourth-order valence-corrected chi connectivity index (χ4v) is 4.24. The summed E-state index contributed by atoms with van der Waals surface area (Å²) in [6.07, 6.45) is 1.61. The van der Waals surface area contributed by atoms with Gasteiger partial charge in [0, 0.05) is 22.3 Å². The number of sulfone groups is 1. The SMILES string of the molecule is COc1cc(Br)cc(NC2CCCS(=O)(=O)C2)c1. The van der Waals surface area contributed by atoms with E-state index < -0.39 is 9.84 Å². The first-order valence-corrected chi connectivity index (χ1v) is 8.41.